The summed E-state index contributed by atoms with van der Waals surface area (Å²) in [5.74, 6) is -2.20. The summed E-state index contributed by atoms with van der Waals surface area (Å²) in [7, 11) is 0. The van der Waals surface area contributed by atoms with Gasteiger partial charge in [-0.05, 0) is 43.5 Å². The summed E-state index contributed by atoms with van der Waals surface area (Å²) in [6.45, 7) is 7.66. The minimum absolute atomic E-state index is 0.0627. The molecule has 0 amide bonds. The fourth-order valence-electron chi connectivity index (χ4n) is 3.97. The normalized spacial score (nSPS) is 11.2. The molecule has 7 nitrogen and oxygen atoms in total. The highest BCUT2D eigenvalue weighted by Gasteiger charge is 2.30. The second kappa shape index (κ2) is 8.34. The van der Waals surface area contributed by atoms with Gasteiger partial charge in [0, 0.05) is 24.8 Å². The van der Waals surface area contributed by atoms with Gasteiger partial charge in [-0.2, -0.15) is 0 Å². The molecular weight excluding hydrogens is 408 g/mol. The van der Waals surface area contributed by atoms with Crippen LogP contribution in [0.5, 0.6) is 5.75 Å². The number of nitrogens with zero attached hydrogens (tertiary/aromatic N) is 2. The number of carboxylic acid groups (broad SMARTS) is 1. The van der Waals surface area contributed by atoms with E-state index in [1.165, 1.54) is 0 Å². The Morgan fingerprint density at radius 3 is 2.34 bits per heavy atom. The van der Waals surface area contributed by atoms with Crippen LogP contribution >= 0.6 is 0 Å². The van der Waals surface area contributed by atoms with Crippen LogP contribution in [0.1, 0.15) is 36.7 Å². The summed E-state index contributed by atoms with van der Waals surface area (Å²) in [6, 6.07) is 12.4. The van der Waals surface area contributed by atoms with Gasteiger partial charge < -0.3 is 19.5 Å². The van der Waals surface area contributed by atoms with Gasteiger partial charge in [-0.1, -0.05) is 31.2 Å². The van der Waals surface area contributed by atoms with Gasteiger partial charge in [-0.15, -0.1) is 0 Å². The maximum atomic E-state index is 13.1. The minimum Gasteiger partial charge on any atom is -0.501 e. The molecule has 32 heavy (non-hydrogen) atoms. The average Bonchev–Trinajstić information content (AvgIpc) is 2.81. The predicted molar refractivity (Wildman–Crippen MR) is 124 cm³/mol. The standard InChI is InChI=1S/C25H24N2O5/c1-4-14-7-9-15(10-8-14)19-20(25(30)31)21-24(23(29)22(19)28)32-18-13-16(27(5-2)6-3)11-12-17(18)26-21/h7-13,29H,4-6H2,1-3H3,(H,30,31). The van der Waals surface area contributed by atoms with Crippen molar-refractivity contribution in [2.75, 3.05) is 18.0 Å². The fraction of sp³-hybridized carbons (Fsp3) is 0.240. The van der Waals surface area contributed by atoms with E-state index in [-0.39, 0.29) is 22.6 Å². The Balaban J connectivity index is 2.04. The average molecular weight is 432 g/mol. The third-order valence-electron chi connectivity index (χ3n) is 5.74. The monoisotopic (exact) mass is 432 g/mol. The molecule has 0 aromatic heterocycles. The van der Waals surface area contributed by atoms with E-state index < -0.39 is 17.1 Å². The Hall–Kier alpha value is -3.87. The van der Waals surface area contributed by atoms with E-state index in [0.717, 1.165) is 30.8 Å². The van der Waals surface area contributed by atoms with Crippen LogP contribution < -0.4 is 10.3 Å². The lowest BCUT2D eigenvalue weighted by atomic mass is 9.93. The topological polar surface area (TPSA) is 104 Å². The second-order valence-corrected chi connectivity index (χ2v) is 7.50. The van der Waals surface area contributed by atoms with E-state index in [0.29, 0.717) is 16.7 Å². The maximum Gasteiger partial charge on any atom is 0.338 e. The first kappa shape index (κ1) is 21.4. The van der Waals surface area contributed by atoms with E-state index in [9.17, 15) is 19.8 Å². The Bertz CT molecular complexity index is 1340. The van der Waals surface area contributed by atoms with Gasteiger partial charge in [0.2, 0.25) is 11.2 Å². The molecular formula is C25H24N2O5. The van der Waals surface area contributed by atoms with Crippen LogP contribution in [0.25, 0.3) is 33.7 Å². The van der Waals surface area contributed by atoms with Gasteiger partial charge in [0.1, 0.15) is 16.8 Å². The molecule has 0 unspecified atom stereocenters. The number of phenols is 1. The summed E-state index contributed by atoms with van der Waals surface area (Å²) in [5.41, 5.74) is 1.88. The highest BCUT2D eigenvalue weighted by Crippen LogP contribution is 2.38. The van der Waals surface area contributed by atoms with Crippen LogP contribution in [0.2, 0.25) is 0 Å². The number of rotatable bonds is 6. The number of phenolic OH excluding ortho intramolecular Hbond substituents is 1. The molecule has 7 heteroatoms. The van der Waals surface area contributed by atoms with E-state index in [1.54, 1.807) is 24.3 Å². The van der Waals surface area contributed by atoms with E-state index in [4.69, 9.17) is 4.42 Å². The van der Waals surface area contributed by atoms with Crippen LogP contribution in [0.4, 0.5) is 5.69 Å². The number of anilines is 1. The number of aromatic carboxylic acids is 1. The maximum absolute atomic E-state index is 13.1. The van der Waals surface area contributed by atoms with Crippen molar-refractivity contribution in [3.05, 3.63) is 63.8 Å². The Labute approximate surface area is 184 Å². The van der Waals surface area contributed by atoms with Crippen molar-refractivity contribution in [3.8, 4) is 28.3 Å². The lowest BCUT2D eigenvalue weighted by molar-refractivity contribution is 0.0698. The van der Waals surface area contributed by atoms with Gasteiger partial charge in [-0.25, -0.2) is 9.78 Å². The number of hydrogen-bond acceptors (Lipinski definition) is 6. The van der Waals surface area contributed by atoms with Crippen molar-refractivity contribution in [3.63, 3.8) is 0 Å². The fourth-order valence-corrected chi connectivity index (χ4v) is 3.97. The number of carboxylic acids is 1. The Kier molecular flexibility index (Phi) is 5.57. The van der Waals surface area contributed by atoms with Crippen molar-refractivity contribution in [1.82, 2.24) is 4.98 Å². The molecule has 0 bridgehead atoms. The predicted octanol–water partition coefficient (Wildman–Crippen LogP) is 4.77. The molecule has 2 aromatic carbocycles. The molecule has 1 aliphatic carbocycles. The van der Waals surface area contributed by atoms with Crippen molar-refractivity contribution in [2.45, 2.75) is 27.2 Å². The zero-order chi connectivity index (χ0) is 23.0. The molecule has 1 aliphatic heterocycles. The Morgan fingerprint density at radius 1 is 1.06 bits per heavy atom. The van der Waals surface area contributed by atoms with Gasteiger partial charge >= 0.3 is 5.97 Å². The third-order valence-corrected chi connectivity index (χ3v) is 5.74. The number of hydrogen-bond donors (Lipinski definition) is 2. The van der Waals surface area contributed by atoms with Gasteiger partial charge in [0.05, 0.1) is 5.56 Å². The Morgan fingerprint density at radius 2 is 1.75 bits per heavy atom. The molecule has 4 rings (SSSR count). The molecule has 0 saturated carbocycles. The molecule has 0 fully saturated rings. The van der Waals surface area contributed by atoms with Crippen molar-refractivity contribution < 1.29 is 19.4 Å². The molecule has 0 atom stereocenters. The van der Waals surface area contributed by atoms with Crippen molar-refractivity contribution in [1.29, 1.82) is 0 Å². The summed E-state index contributed by atoms with van der Waals surface area (Å²) in [4.78, 5) is 31.9. The van der Waals surface area contributed by atoms with Crippen LogP contribution in [-0.4, -0.2) is 34.3 Å². The lowest BCUT2D eigenvalue weighted by Crippen LogP contribution is -2.21. The van der Waals surface area contributed by atoms with Crippen LogP contribution in [0.3, 0.4) is 0 Å². The first-order chi connectivity index (χ1) is 15.4. The zero-order valence-electron chi connectivity index (χ0n) is 18.2. The van der Waals surface area contributed by atoms with Crippen LogP contribution in [0.15, 0.2) is 51.7 Å². The van der Waals surface area contributed by atoms with Gasteiger partial charge in [0.15, 0.2) is 11.3 Å². The van der Waals surface area contributed by atoms with E-state index in [2.05, 4.69) is 9.88 Å². The molecule has 0 radical (unpaired) electrons. The molecule has 1 heterocycles. The number of aromatic hydroxyl groups is 1. The van der Waals surface area contributed by atoms with Gasteiger partial charge in [0.25, 0.3) is 0 Å². The van der Waals surface area contributed by atoms with Crippen molar-refractivity contribution >= 4 is 22.8 Å². The number of aryl methyl sites for hydroxylation is 1. The number of benzene rings is 3. The highest BCUT2D eigenvalue weighted by molar-refractivity contribution is 6.04. The summed E-state index contributed by atoms with van der Waals surface area (Å²) in [6.07, 6.45) is 0.807. The van der Waals surface area contributed by atoms with Crippen LogP contribution in [-0.2, 0) is 6.42 Å². The molecule has 164 valence electrons. The summed E-state index contributed by atoms with van der Waals surface area (Å²) >= 11 is 0. The first-order valence-corrected chi connectivity index (χ1v) is 10.6. The third kappa shape index (κ3) is 3.45. The molecule has 2 aliphatic rings. The number of fused-ring (bicyclic) bond motifs is 2. The smallest absolute Gasteiger partial charge is 0.338 e. The van der Waals surface area contributed by atoms with Gasteiger partial charge in [-0.3, -0.25) is 4.79 Å². The molecule has 0 saturated heterocycles. The summed E-state index contributed by atoms with van der Waals surface area (Å²) < 4.78 is 5.85. The summed E-state index contributed by atoms with van der Waals surface area (Å²) in [5, 5.41) is 20.7. The number of aromatic nitrogens is 1. The highest BCUT2D eigenvalue weighted by atomic mass is 16.4. The molecule has 2 aromatic rings. The quantitative estimate of drug-likeness (QED) is 0.423. The van der Waals surface area contributed by atoms with E-state index >= 15 is 0 Å². The van der Waals surface area contributed by atoms with Crippen LogP contribution in [0, 0.1) is 0 Å². The zero-order valence-corrected chi connectivity index (χ0v) is 18.2. The van der Waals surface area contributed by atoms with Crippen molar-refractivity contribution in [2.24, 2.45) is 0 Å². The SMILES string of the molecule is CCc1ccc(-c2c(C(=O)O)c3nc4ccc(N(CC)CC)cc4oc-3c(O)c2=O)cc1. The largest absolute Gasteiger partial charge is 0.501 e. The molecule has 2 N–H and O–H groups in total. The first-order valence-electron chi connectivity index (χ1n) is 10.6. The lowest BCUT2D eigenvalue weighted by Gasteiger charge is -2.21. The second-order valence-electron chi connectivity index (χ2n) is 7.50. The van der Waals surface area contributed by atoms with E-state index in [1.807, 2.05) is 39.0 Å². The number of carbonyl (C=O) groups is 1. The molecule has 0 spiro atoms. The minimum atomic E-state index is -1.32.